The van der Waals surface area contributed by atoms with Gasteiger partial charge in [0.1, 0.15) is 5.54 Å². The van der Waals surface area contributed by atoms with E-state index in [9.17, 15) is 19.7 Å². The van der Waals surface area contributed by atoms with Crippen molar-refractivity contribution >= 4 is 23.1 Å². The summed E-state index contributed by atoms with van der Waals surface area (Å²) in [5, 5.41) is 14.0. The summed E-state index contributed by atoms with van der Waals surface area (Å²) in [5.74, 6) is -1.48. The number of para-hydroxylation sites is 1. The number of nitro benzene ring substituents is 1. The summed E-state index contributed by atoms with van der Waals surface area (Å²) in [6.07, 6.45) is 1.43. The van der Waals surface area contributed by atoms with Crippen molar-refractivity contribution in [3.63, 3.8) is 0 Å². The molecule has 2 aliphatic rings. The van der Waals surface area contributed by atoms with Gasteiger partial charge < -0.3 is 9.73 Å². The molecule has 0 bridgehead atoms. The number of carbonyl (C=O) groups is 2. The lowest BCUT2D eigenvalue weighted by molar-refractivity contribution is -0.384. The summed E-state index contributed by atoms with van der Waals surface area (Å²) in [5.41, 5.74) is 0.962. The van der Waals surface area contributed by atoms with Crippen molar-refractivity contribution in [2.24, 2.45) is 5.92 Å². The number of Topliss-reactive ketones (excluding diaryl/α,β-unsaturated/α-hetero) is 1. The second-order valence-electron chi connectivity index (χ2n) is 7.92. The average molecular weight is 417 g/mol. The Morgan fingerprint density at radius 3 is 2.58 bits per heavy atom. The standard InChI is InChI=1S/C23H19N3O5/c1-25-13-16(14-8-10-15(11-9-14)26(29)30)20(21(27)19-7-4-12-31-19)23(25)17-5-2-3-6-18(17)24-22(23)28/h2-12,16,20H,13H2,1H3,(H,24,28)/t16-,20+,23+/m1/s1. The van der Waals surface area contributed by atoms with Crippen LogP contribution in [0.3, 0.4) is 0 Å². The molecule has 1 spiro atoms. The molecule has 3 heterocycles. The third kappa shape index (κ3) is 2.65. The molecule has 2 aromatic carbocycles. The van der Waals surface area contributed by atoms with Gasteiger partial charge in [0.15, 0.2) is 5.76 Å². The number of ketones is 1. The van der Waals surface area contributed by atoms with E-state index in [0.29, 0.717) is 12.2 Å². The van der Waals surface area contributed by atoms with E-state index in [1.807, 2.05) is 36.2 Å². The number of nitro groups is 1. The molecule has 3 aromatic rings. The molecule has 1 aromatic heterocycles. The van der Waals surface area contributed by atoms with Crippen LogP contribution in [-0.4, -0.2) is 35.1 Å². The number of hydrogen-bond donors (Lipinski definition) is 1. The van der Waals surface area contributed by atoms with Crippen LogP contribution < -0.4 is 5.32 Å². The molecule has 1 amide bonds. The Hall–Kier alpha value is -3.78. The number of anilines is 1. The Morgan fingerprint density at radius 1 is 1.16 bits per heavy atom. The zero-order chi connectivity index (χ0) is 21.8. The largest absolute Gasteiger partial charge is 0.461 e. The van der Waals surface area contributed by atoms with Gasteiger partial charge in [-0.15, -0.1) is 0 Å². The van der Waals surface area contributed by atoms with E-state index in [0.717, 1.165) is 11.1 Å². The first-order chi connectivity index (χ1) is 14.9. The second-order valence-corrected chi connectivity index (χ2v) is 7.92. The zero-order valence-electron chi connectivity index (χ0n) is 16.6. The molecule has 0 unspecified atom stereocenters. The monoisotopic (exact) mass is 417 g/mol. The predicted octanol–water partition coefficient (Wildman–Crippen LogP) is 3.56. The third-order valence-corrected chi connectivity index (χ3v) is 6.44. The van der Waals surface area contributed by atoms with Crippen molar-refractivity contribution in [1.29, 1.82) is 0 Å². The Morgan fingerprint density at radius 2 is 1.90 bits per heavy atom. The van der Waals surface area contributed by atoms with E-state index in [1.165, 1.54) is 18.4 Å². The highest BCUT2D eigenvalue weighted by molar-refractivity contribution is 6.11. The average Bonchev–Trinajstić information content (AvgIpc) is 3.47. The normalized spacial score (nSPS) is 24.9. The Labute approximate surface area is 177 Å². The van der Waals surface area contributed by atoms with E-state index >= 15 is 0 Å². The number of hydrogen-bond acceptors (Lipinski definition) is 6. The number of amides is 1. The number of likely N-dealkylation sites (N-methyl/N-ethyl adjacent to an activating group) is 1. The minimum Gasteiger partial charge on any atom is -0.461 e. The number of rotatable bonds is 4. The number of nitrogens with one attached hydrogen (secondary N) is 1. The Balaban J connectivity index is 1.69. The fourth-order valence-electron chi connectivity index (χ4n) is 5.11. The maximum atomic E-state index is 13.7. The molecule has 3 atom stereocenters. The van der Waals surface area contributed by atoms with E-state index in [-0.39, 0.29) is 29.1 Å². The fraction of sp³-hybridized carbons (Fsp3) is 0.217. The molecular weight excluding hydrogens is 398 g/mol. The van der Waals surface area contributed by atoms with Gasteiger partial charge in [-0.3, -0.25) is 24.6 Å². The van der Waals surface area contributed by atoms with Crippen molar-refractivity contribution in [3.05, 3.63) is 93.9 Å². The number of benzene rings is 2. The van der Waals surface area contributed by atoms with Crippen molar-refractivity contribution in [1.82, 2.24) is 4.90 Å². The van der Waals surface area contributed by atoms with Gasteiger partial charge in [-0.25, -0.2) is 0 Å². The maximum Gasteiger partial charge on any atom is 0.269 e. The van der Waals surface area contributed by atoms with Crippen LogP contribution in [-0.2, 0) is 10.3 Å². The summed E-state index contributed by atoms with van der Waals surface area (Å²) in [7, 11) is 1.83. The third-order valence-electron chi connectivity index (χ3n) is 6.44. The van der Waals surface area contributed by atoms with Crippen LogP contribution in [0.4, 0.5) is 11.4 Å². The van der Waals surface area contributed by atoms with Crippen LogP contribution in [0.15, 0.2) is 71.3 Å². The van der Waals surface area contributed by atoms with E-state index in [2.05, 4.69) is 5.32 Å². The van der Waals surface area contributed by atoms with Crippen molar-refractivity contribution < 1.29 is 18.9 Å². The first kappa shape index (κ1) is 19.2. The highest BCUT2D eigenvalue weighted by atomic mass is 16.6. The van der Waals surface area contributed by atoms with Crippen LogP contribution in [0.25, 0.3) is 0 Å². The van der Waals surface area contributed by atoms with Crippen LogP contribution in [0.5, 0.6) is 0 Å². The van der Waals surface area contributed by atoms with E-state index in [4.69, 9.17) is 4.42 Å². The highest BCUT2D eigenvalue weighted by Gasteiger charge is 2.64. The van der Waals surface area contributed by atoms with Gasteiger partial charge in [-0.2, -0.15) is 0 Å². The molecule has 8 nitrogen and oxygen atoms in total. The second kappa shape index (κ2) is 6.88. The first-order valence-corrected chi connectivity index (χ1v) is 9.89. The minimum atomic E-state index is -1.20. The predicted molar refractivity (Wildman–Crippen MR) is 112 cm³/mol. The van der Waals surface area contributed by atoms with Gasteiger partial charge in [-0.05, 0) is 30.8 Å². The van der Waals surface area contributed by atoms with E-state index in [1.54, 1.807) is 24.3 Å². The summed E-state index contributed by atoms with van der Waals surface area (Å²) in [6.45, 7) is 0.427. The number of carbonyl (C=O) groups excluding carboxylic acids is 2. The van der Waals surface area contributed by atoms with Gasteiger partial charge in [0.2, 0.25) is 11.7 Å². The summed E-state index contributed by atoms with van der Waals surface area (Å²) < 4.78 is 5.41. The zero-order valence-corrected chi connectivity index (χ0v) is 16.6. The van der Waals surface area contributed by atoms with Gasteiger partial charge >= 0.3 is 0 Å². The van der Waals surface area contributed by atoms with Crippen molar-refractivity contribution in [2.45, 2.75) is 11.5 Å². The summed E-state index contributed by atoms with van der Waals surface area (Å²) in [6, 6.07) is 16.8. The lowest BCUT2D eigenvalue weighted by atomic mass is 9.71. The molecule has 156 valence electrons. The number of furan rings is 1. The molecule has 0 aliphatic carbocycles. The number of fused-ring (bicyclic) bond motifs is 2. The van der Waals surface area contributed by atoms with Crippen LogP contribution in [0.2, 0.25) is 0 Å². The number of non-ortho nitro benzene ring substituents is 1. The Kier molecular flexibility index (Phi) is 4.26. The molecule has 0 radical (unpaired) electrons. The topological polar surface area (TPSA) is 106 Å². The van der Waals surface area contributed by atoms with Crippen molar-refractivity contribution in [2.75, 3.05) is 18.9 Å². The van der Waals surface area contributed by atoms with Crippen LogP contribution in [0.1, 0.15) is 27.6 Å². The summed E-state index contributed by atoms with van der Waals surface area (Å²) in [4.78, 5) is 39.7. The fourth-order valence-corrected chi connectivity index (χ4v) is 5.11. The molecule has 31 heavy (non-hydrogen) atoms. The van der Waals surface area contributed by atoms with Crippen LogP contribution in [0, 0.1) is 16.0 Å². The lowest BCUT2D eigenvalue weighted by Crippen LogP contribution is -2.51. The van der Waals surface area contributed by atoms with Gasteiger partial charge in [0.25, 0.3) is 5.69 Å². The minimum absolute atomic E-state index is 0.0253. The van der Waals surface area contributed by atoms with Crippen LogP contribution >= 0.6 is 0 Å². The Bertz CT molecular complexity index is 1190. The molecule has 8 heteroatoms. The number of nitrogens with zero attached hydrogens (tertiary/aromatic N) is 2. The molecular formula is C23H19N3O5. The molecule has 1 N–H and O–H groups in total. The summed E-state index contributed by atoms with van der Waals surface area (Å²) >= 11 is 0. The molecule has 0 saturated carbocycles. The smallest absolute Gasteiger partial charge is 0.269 e. The molecule has 1 saturated heterocycles. The van der Waals surface area contributed by atoms with Gasteiger partial charge in [-0.1, -0.05) is 30.3 Å². The highest BCUT2D eigenvalue weighted by Crippen LogP contribution is 2.55. The lowest BCUT2D eigenvalue weighted by Gasteiger charge is -2.35. The van der Waals surface area contributed by atoms with Gasteiger partial charge in [0.05, 0.1) is 17.1 Å². The van der Waals surface area contributed by atoms with Gasteiger partial charge in [0, 0.05) is 35.8 Å². The van der Waals surface area contributed by atoms with E-state index < -0.39 is 16.4 Å². The molecule has 1 fully saturated rings. The molecule has 2 aliphatic heterocycles. The SMILES string of the molecule is CN1C[C@H](c2ccc([N+](=O)[O-])cc2)[C@@H](C(=O)c2ccco2)[C@@]12C(=O)Nc1ccccc12. The maximum absolute atomic E-state index is 13.7. The number of likely N-dealkylation sites (tertiary alicyclic amines) is 1. The molecule has 5 rings (SSSR count). The quantitative estimate of drug-likeness (QED) is 0.395. The first-order valence-electron chi connectivity index (χ1n) is 9.89. The van der Waals surface area contributed by atoms with Crippen molar-refractivity contribution in [3.8, 4) is 0 Å².